The normalized spacial score (nSPS) is 11.3. The molecule has 7 heteroatoms. The molecule has 0 amide bonds. The van der Waals surface area contributed by atoms with Crippen molar-refractivity contribution >= 4 is 11.5 Å². The molecule has 17 heavy (non-hydrogen) atoms. The van der Waals surface area contributed by atoms with Crippen LogP contribution in [0.15, 0.2) is 10.9 Å². The van der Waals surface area contributed by atoms with Gasteiger partial charge in [-0.15, -0.1) is 0 Å². The highest BCUT2D eigenvalue weighted by molar-refractivity contribution is 5.49. The molecule has 0 saturated heterocycles. The molecule has 0 radical (unpaired) electrons. The number of hydrogen-bond acceptors (Lipinski definition) is 5. The zero-order valence-electron chi connectivity index (χ0n) is 10.2. The van der Waals surface area contributed by atoms with Gasteiger partial charge in [0.05, 0.1) is 0 Å². The summed E-state index contributed by atoms with van der Waals surface area (Å²) in [4.78, 5) is 17.8. The number of aryl methyl sites for hydroxylation is 1. The number of likely N-dealkylation sites (N-methyl/N-ethyl adjacent to an activating group) is 1. The van der Waals surface area contributed by atoms with Crippen LogP contribution in [0.4, 0.5) is 5.82 Å². The van der Waals surface area contributed by atoms with Crippen LogP contribution < -0.4 is 11.0 Å². The Morgan fingerprint density at radius 3 is 3.00 bits per heavy atom. The number of H-pyrrole nitrogens is 1. The highest BCUT2D eigenvalue weighted by Gasteiger charge is 2.06. The van der Waals surface area contributed by atoms with Crippen molar-refractivity contribution in [2.24, 2.45) is 0 Å². The number of nitrogens with one attached hydrogen (secondary N) is 2. The van der Waals surface area contributed by atoms with Crippen LogP contribution in [0.3, 0.4) is 0 Å². The standard InChI is InChI=1S/C10H16N6O/c1-7-12-8(11-4-5-15(2)3)6-9-13-14-10(17)16(7)9/h6,11H,4-5H2,1-3H3,(H,14,17). The molecular formula is C10H16N6O. The average Bonchev–Trinajstić information content (AvgIpc) is 2.60. The molecule has 0 aromatic carbocycles. The lowest BCUT2D eigenvalue weighted by Gasteiger charge is -2.11. The predicted molar refractivity (Wildman–Crippen MR) is 65.4 cm³/mol. The van der Waals surface area contributed by atoms with Gasteiger partial charge in [-0.25, -0.2) is 19.3 Å². The highest BCUT2D eigenvalue weighted by atomic mass is 16.1. The third-order valence-corrected chi connectivity index (χ3v) is 2.44. The summed E-state index contributed by atoms with van der Waals surface area (Å²) in [6, 6.07) is 1.75. The van der Waals surface area contributed by atoms with Crippen LogP contribution in [0.25, 0.3) is 5.65 Å². The molecule has 0 aliphatic carbocycles. The third-order valence-electron chi connectivity index (χ3n) is 2.44. The Labute approximate surface area is 98.5 Å². The van der Waals surface area contributed by atoms with Gasteiger partial charge in [0.2, 0.25) is 0 Å². The summed E-state index contributed by atoms with van der Waals surface area (Å²) in [6.07, 6.45) is 0. The van der Waals surface area contributed by atoms with Crippen molar-refractivity contribution in [2.45, 2.75) is 6.92 Å². The number of aromatic amines is 1. The van der Waals surface area contributed by atoms with Crippen LogP contribution in [-0.4, -0.2) is 51.7 Å². The molecule has 2 rings (SSSR count). The summed E-state index contributed by atoms with van der Waals surface area (Å²) in [5.74, 6) is 1.35. The van der Waals surface area contributed by atoms with E-state index in [1.54, 1.807) is 13.0 Å². The Morgan fingerprint density at radius 1 is 1.53 bits per heavy atom. The smallest absolute Gasteiger partial charge is 0.349 e. The van der Waals surface area contributed by atoms with Crippen LogP contribution in [0.1, 0.15) is 5.82 Å². The average molecular weight is 236 g/mol. The van der Waals surface area contributed by atoms with Crippen molar-refractivity contribution in [1.29, 1.82) is 0 Å². The van der Waals surface area contributed by atoms with Gasteiger partial charge in [-0.1, -0.05) is 0 Å². The van der Waals surface area contributed by atoms with E-state index < -0.39 is 0 Å². The fourth-order valence-electron chi connectivity index (χ4n) is 1.60. The maximum Gasteiger partial charge on any atom is 0.349 e. The second-order valence-corrected chi connectivity index (χ2v) is 4.14. The molecule has 2 aromatic rings. The maximum absolute atomic E-state index is 11.4. The van der Waals surface area contributed by atoms with E-state index in [2.05, 4.69) is 25.4 Å². The first-order chi connectivity index (χ1) is 8.08. The molecule has 2 N–H and O–H groups in total. The number of anilines is 1. The van der Waals surface area contributed by atoms with Gasteiger partial charge in [-0.05, 0) is 21.0 Å². The highest BCUT2D eigenvalue weighted by Crippen LogP contribution is 2.07. The number of aromatic nitrogens is 4. The van der Waals surface area contributed by atoms with Gasteiger partial charge in [0.25, 0.3) is 0 Å². The molecule has 92 valence electrons. The summed E-state index contributed by atoms with van der Waals surface area (Å²) in [5.41, 5.74) is 0.319. The molecule has 0 spiro atoms. The van der Waals surface area contributed by atoms with Crippen LogP contribution >= 0.6 is 0 Å². The van der Waals surface area contributed by atoms with Crippen molar-refractivity contribution in [1.82, 2.24) is 24.5 Å². The fraction of sp³-hybridized carbons (Fsp3) is 0.500. The summed E-state index contributed by atoms with van der Waals surface area (Å²) in [6.45, 7) is 3.49. The summed E-state index contributed by atoms with van der Waals surface area (Å²) in [7, 11) is 4.02. The lowest BCUT2D eigenvalue weighted by atomic mass is 10.5. The number of fused-ring (bicyclic) bond motifs is 1. The molecule has 7 nitrogen and oxygen atoms in total. The Balaban J connectivity index is 2.22. The Bertz CT molecular complexity index is 570. The zero-order chi connectivity index (χ0) is 12.4. The topological polar surface area (TPSA) is 78.3 Å². The van der Waals surface area contributed by atoms with Crippen LogP contribution in [0.2, 0.25) is 0 Å². The SMILES string of the molecule is Cc1nc(NCCN(C)C)cc2n[nH]c(=O)n12. The first-order valence-electron chi connectivity index (χ1n) is 5.41. The molecule has 0 bridgehead atoms. The molecule has 2 heterocycles. The molecule has 0 fully saturated rings. The number of hydrogen-bond donors (Lipinski definition) is 2. The van der Waals surface area contributed by atoms with E-state index in [4.69, 9.17) is 0 Å². The molecule has 0 saturated carbocycles. The third kappa shape index (κ3) is 2.44. The van der Waals surface area contributed by atoms with Crippen LogP contribution in [-0.2, 0) is 0 Å². The lowest BCUT2D eigenvalue weighted by Crippen LogP contribution is -2.21. The fourth-order valence-corrected chi connectivity index (χ4v) is 1.60. The predicted octanol–water partition coefficient (Wildman–Crippen LogP) is -0.300. The van der Waals surface area contributed by atoms with Gasteiger partial charge < -0.3 is 10.2 Å². The minimum Gasteiger partial charge on any atom is -0.369 e. The number of rotatable bonds is 4. The van der Waals surface area contributed by atoms with Gasteiger partial charge in [0.1, 0.15) is 11.6 Å². The van der Waals surface area contributed by atoms with Gasteiger partial charge in [-0.2, -0.15) is 5.10 Å². The van der Waals surface area contributed by atoms with Crippen LogP contribution in [0, 0.1) is 6.92 Å². The molecule has 0 aliphatic rings. The second kappa shape index (κ2) is 4.54. The monoisotopic (exact) mass is 236 g/mol. The molecular weight excluding hydrogens is 220 g/mol. The van der Waals surface area contributed by atoms with E-state index >= 15 is 0 Å². The van der Waals surface area contributed by atoms with Gasteiger partial charge in [-0.3, -0.25) is 0 Å². The molecule has 0 atom stereocenters. The van der Waals surface area contributed by atoms with E-state index in [1.165, 1.54) is 4.40 Å². The Morgan fingerprint density at radius 2 is 2.29 bits per heavy atom. The van der Waals surface area contributed by atoms with Crippen molar-refractivity contribution in [3.63, 3.8) is 0 Å². The largest absolute Gasteiger partial charge is 0.369 e. The molecule has 0 aliphatic heterocycles. The minimum absolute atomic E-state index is 0.259. The summed E-state index contributed by atoms with van der Waals surface area (Å²) in [5, 5.41) is 9.51. The van der Waals surface area contributed by atoms with Crippen molar-refractivity contribution in [2.75, 3.05) is 32.5 Å². The van der Waals surface area contributed by atoms with E-state index in [0.717, 1.165) is 18.9 Å². The van der Waals surface area contributed by atoms with Crippen LogP contribution in [0.5, 0.6) is 0 Å². The van der Waals surface area contributed by atoms with E-state index in [1.807, 2.05) is 14.1 Å². The zero-order valence-corrected chi connectivity index (χ0v) is 10.2. The van der Waals surface area contributed by atoms with Crippen molar-refractivity contribution in [3.05, 3.63) is 22.4 Å². The Hall–Kier alpha value is -1.89. The van der Waals surface area contributed by atoms with E-state index in [0.29, 0.717) is 11.5 Å². The molecule has 0 unspecified atom stereocenters. The van der Waals surface area contributed by atoms with Gasteiger partial charge in [0, 0.05) is 19.2 Å². The second-order valence-electron chi connectivity index (χ2n) is 4.14. The quantitative estimate of drug-likeness (QED) is 0.762. The Kier molecular flexibility index (Phi) is 3.10. The van der Waals surface area contributed by atoms with E-state index in [-0.39, 0.29) is 5.69 Å². The van der Waals surface area contributed by atoms with Gasteiger partial charge in [0.15, 0.2) is 5.65 Å². The summed E-state index contributed by atoms with van der Waals surface area (Å²) >= 11 is 0. The maximum atomic E-state index is 11.4. The minimum atomic E-state index is -0.259. The van der Waals surface area contributed by atoms with Crippen molar-refractivity contribution < 1.29 is 0 Å². The van der Waals surface area contributed by atoms with Crippen molar-refractivity contribution in [3.8, 4) is 0 Å². The molecule has 2 aromatic heterocycles. The van der Waals surface area contributed by atoms with Gasteiger partial charge >= 0.3 is 5.69 Å². The summed E-state index contributed by atoms with van der Waals surface area (Å²) < 4.78 is 1.44. The first-order valence-corrected chi connectivity index (χ1v) is 5.41. The lowest BCUT2D eigenvalue weighted by molar-refractivity contribution is 0.425. The first kappa shape index (κ1) is 11.6. The van der Waals surface area contributed by atoms with E-state index in [9.17, 15) is 4.79 Å². The number of nitrogens with zero attached hydrogens (tertiary/aromatic N) is 4.